The molecule has 1 aliphatic rings. The fourth-order valence-corrected chi connectivity index (χ4v) is 1.95. The lowest BCUT2D eigenvalue weighted by atomic mass is 10.0. The molecule has 1 atom stereocenters. The Morgan fingerprint density at radius 2 is 2.21 bits per heavy atom. The first kappa shape index (κ1) is 15.7. The quantitative estimate of drug-likeness (QED) is 0.576. The summed E-state index contributed by atoms with van der Waals surface area (Å²) in [5, 5.41) is 2.78. The summed E-state index contributed by atoms with van der Waals surface area (Å²) >= 11 is 0. The van der Waals surface area contributed by atoms with Crippen LogP contribution >= 0.6 is 0 Å². The van der Waals surface area contributed by atoms with Crippen LogP contribution in [0, 0.1) is 5.92 Å². The third kappa shape index (κ3) is 5.03. The van der Waals surface area contributed by atoms with E-state index in [1.807, 2.05) is 20.8 Å². The Bertz CT molecular complexity index is 353. The first-order valence-corrected chi connectivity index (χ1v) is 6.72. The van der Waals surface area contributed by atoms with Gasteiger partial charge in [0.1, 0.15) is 6.04 Å². The van der Waals surface area contributed by atoms with Crippen molar-refractivity contribution < 1.29 is 14.3 Å². The van der Waals surface area contributed by atoms with Crippen LogP contribution in [-0.2, 0) is 14.3 Å². The van der Waals surface area contributed by atoms with Gasteiger partial charge in [-0.1, -0.05) is 26.0 Å². The lowest BCUT2D eigenvalue weighted by Crippen LogP contribution is -2.48. The number of ether oxygens (including phenoxy) is 1. The molecule has 1 rings (SSSR count). The van der Waals surface area contributed by atoms with Gasteiger partial charge in [0.05, 0.1) is 13.2 Å². The summed E-state index contributed by atoms with van der Waals surface area (Å²) in [7, 11) is 0. The van der Waals surface area contributed by atoms with Crippen molar-refractivity contribution in [2.75, 3.05) is 26.3 Å². The maximum Gasteiger partial charge on any atom is 0.245 e. The van der Waals surface area contributed by atoms with Gasteiger partial charge in [-0.25, -0.2) is 0 Å². The first-order chi connectivity index (χ1) is 8.91. The minimum absolute atomic E-state index is 0.0141. The third-order valence-electron chi connectivity index (χ3n) is 3.02. The highest BCUT2D eigenvalue weighted by molar-refractivity contribution is 5.90. The monoisotopic (exact) mass is 268 g/mol. The summed E-state index contributed by atoms with van der Waals surface area (Å²) < 4.78 is 5.41. The van der Waals surface area contributed by atoms with E-state index < -0.39 is 6.04 Å². The second kappa shape index (κ2) is 7.28. The third-order valence-corrected chi connectivity index (χ3v) is 3.02. The average Bonchev–Trinajstić information content (AvgIpc) is 2.46. The second-order valence-electron chi connectivity index (χ2n) is 5.37. The van der Waals surface area contributed by atoms with Crippen molar-refractivity contribution >= 4 is 11.8 Å². The fourth-order valence-electron chi connectivity index (χ4n) is 1.95. The molecule has 108 valence electrons. The highest BCUT2D eigenvalue weighted by Crippen LogP contribution is 2.10. The Morgan fingerprint density at radius 3 is 2.79 bits per heavy atom. The standard InChI is InChI=1S/C14H24N2O3/c1-10(2)9-19-8-7-16-6-5-12(17)15-13(11(3)4)14(16)18/h11,13H,1,5-9H2,2-4H3,(H,15,17). The molecule has 0 aromatic carbocycles. The zero-order valence-corrected chi connectivity index (χ0v) is 12.1. The van der Waals surface area contributed by atoms with Crippen LogP contribution in [0.4, 0.5) is 0 Å². The van der Waals surface area contributed by atoms with E-state index in [0.717, 1.165) is 5.57 Å². The maximum atomic E-state index is 12.3. The molecule has 1 N–H and O–H groups in total. The van der Waals surface area contributed by atoms with Crippen LogP contribution < -0.4 is 5.32 Å². The number of rotatable bonds is 6. The van der Waals surface area contributed by atoms with Crippen LogP contribution in [-0.4, -0.2) is 49.1 Å². The van der Waals surface area contributed by atoms with Gasteiger partial charge in [-0.15, -0.1) is 0 Å². The normalized spacial score (nSPS) is 20.4. The molecule has 0 radical (unpaired) electrons. The first-order valence-electron chi connectivity index (χ1n) is 6.72. The van der Waals surface area contributed by atoms with Crippen LogP contribution in [0.15, 0.2) is 12.2 Å². The van der Waals surface area contributed by atoms with Crippen LogP contribution in [0.2, 0.25) is 0 Å². The molecule has 0 spiro atoms. The lowest BCUT2D eigenvalue weighted by Gasteiger charge is -2.25. The molecule has 0 aliphatic carbocycles. The van der Waals surface area contributed by atoms with Crippen molar-refractivity contribution in [3.05, 3.63) is 12.2 Å². The van der Waals surface area contributed by atoms with Gasteiger partial charge in [0.25, 0.3) is 0 Å². The molecular weight excluding hydrogens is 244 g/mol. The van der Waals surface area contributed by atoms with E-state index in [9.17, 15) is 9.59 Å². The Labute approximate surface area is 115 Å². The van der Waals surface area contributed by atoms with Gasteiger partial charge in [-0.05, 0) is 12.8 Å². The maximum absolute atomic E-state index is 12.3. The van der Waals surface area contributed by atoms with Crippen molar-refractivity contribution in [3.8, 4) is 0 Å². The Kier molecular flexibility index (Phi) is 6.02. The second-order valence-corrected chi connectivity index (χ2v) is 5.37. The van der Waals surface area contributed by atoms with Gasteiger partial charge < -0.3 is 15.0 Å². The van der Waals surface area contributed by atoms with Crippen molar-refractivity contribution in [2.24, 2.45) is 5.92 Å². The number of hydrogen-bond acceptors (Lipinski definition) is 3. The molecule has 5 heteroatoms. The number of carbonyl (C=O) groups is 2. The van der Waals surface area contributed by atoms with Crippen LogP contribution in [0.1, 0.15) is 27.2 Å². The number of amides is 2. The summed E-state index contributed by atoms with van der Waals surface area (Å²) in [5.41, 5.74) is 0.957. The van der Waals surface area contributed by atoms with Gasteiger partial charge in [-0.2, -0.15) is 0 Å². The van der Waals surface area contributed by atoms with Crippen molar-refractivity contribution in [3.63, 3.8) is 0 Å². The van der Waals surface area contributed by atoms with E-state index in [1.54, 1.807) is 4.90 Å². The van der Waals surface area contributed by atoms with E-state index in [-0.39, 0.29) is 17.7 Å². The van der Waals surface area contributed by atoms with Crippen molar-refractivity contribution in [2.45, 2.75) is 33.2 Å². The predicted molar refractivity (Wildman–Crippen MR) is 73.6 cm³/mol. The van der Waals surface area contributed by atoms with Gasteiger partial charge in [0, 0.05) is 19.5 Å². The minimum atomic E-state index is -0.420. The molecule has 0 aromatic rings. The molecule has 1 heterocycles. The zero-order valence-electron chi connectivity index (χ0n) is 12.1. The molecule has 19 heavy (non-hydrogen) atoms. The summed E-state index contributed by atoms with van der Waals surface area (Å²) in [4.78, 5) is 25.6. The summed E-state index contributed by atoms with van der Waals surface area (Å²) in [6, 6.07) is -0.420. The Hall–Kier alpha value is -1.36. The summed E-state index contributed by atoms with van der Waals surface area (Å²) in [6.45, 7) is 11.5. The average molecular weight is 268 g/mol. The topological polar surface area (TPSA) is 58.6 Å². The van der Waals surface area contributed by atoms with Crippen LogP contribution in [0.5, 0.6) is 0 Å². The SMILES string of the molecule is C=C(C)COCCN1CCC(=O)NC(C(C)C)C1=O. The van der Waals surface area contributed by atoms with E-state index in [1.165, 1.54) is 0 Å². The summed E-state index contributed by atoms with van der Waals surface area (Å²) in [5.74, 6) is 0.0190. The zero-order chi connectivity index (χ0) is 14.4. The lowest BCUT2D eigenvalue weighted by molar-refractivity contribution is -0.135. The molecule has 0 bridgehead atoms. The molecule has 1 fully saturated rings. The Balaban J connectivity index is 2.53. The molecular formula is C14H24N2O3. The predicted octanol–water partition coefficient (Wildman–Crippen LogP) is 0.952. The molecule has 1 saturated heterocycles. The highest BCUT2D eigenvalue weighted by Gasteiger charge is 2.31. The van der Waals surface area contributed by atoms with E-state index in [4.69, 9.17) is 4.74 Å². The molecule has 0 aromatic heterocycles. The van der Waals surface area contributed by atoms with Gasteiger partial charge >= 0.3 is 0 Å². The Morgan fingerprint density at radius 1 is 1.53 bits per heavy atom. The van der Waals surface area contributed by atoms with Crippen molar-refractivity contribution in [1.29, 1.82) is 0 Å². The molecule has 5 nitrogen and oxygen atoms in total. The van der Waals surface area contributed by atoms with Crippen LogP contribution in [0.25, 0.3) is 0 Å². The number of nitrogens with zero attached hydrogens (tertiary/aromatic N) is 1. The molecule has 2 amide bonds. The largest absolute Gasteiger partial charge is 0.375 e. The van der Waals surface area contributed by atoms with Crippen LogP contribution in [0.3, 0.4) is 0 Å². The fraction of sp³-hybridized carbons (Fsp3) is 0.714. The van der Waals surface area contributed by atoms with E-state index in [0.29, 0.717) is 32.7 Å². The smallest absolute Gasteiger partial charge is 0.245 e. The van der Waals surface area contributed by atoms with E-state index >= 15 is 0 Å². The highest BCUT2D eigenvalue weighted by atomic mass is 16.5. The molecule has 1 aliphatic heterocycles. The van der Waals surface area contributed by atoms with E-state index in [2.05, 4.69) is 11.9 Å². The number of hydrogen-bond donors (Lipinski definition) is 1. The van der Waals surface area contributed by atoms with Gasteiger partial charge in [-0.3, -0.25) is 9.59 Å². The van der Waals surface area contributed by atoms with Gasteiger partial charge in [0.2, 0.25) is 11.8 Å². The number of carbonyl (C=O) groups excluding carboxylic acids is 2. The summed E-state index contributed by atoms with van der Waals surface area (Å²) in [6.07, 6.45) is 0.357. The minimum Gasteiger partial charge on any atom is -0.375 e. The van der Waals surface area contributed by atoms with Crippen molar-refractivity contribution in [1.82, 2.24) is 10.2 Å². The van der Waals surface area contributed by atoms with Gasteiger partial charge in [0.15, 0.2) is 0 Å². The molecule has 0 saturated carbocycles. The number of nitrogens with one attached hydrogen (secondary N) is 1. The molecule has 1 unspecified atom stereocenters.